The van der Waals surface area contributed by atoms with Crippen LogP contribution >= 0.6 is 0 Å². The molecule has 2 N–H and O–H groups in total. The van der Waals surface area contributed by atoms with Crippen molar-refractivity contribution in [3.05, 3.63) is 29.3 Å². The molecule has 114 valence electrons. The van der Waals surface area contributed by atoms with Gasteiger partial charge >= 0.3 is 0 Å². The molecular weight excluding hydrogens is 290 g/mol. The van der Waals surface area contributed by atoms with E-state index in [2.05, 4.69) is 10.0 Å². The summed E-state index contributed by atoms with van der Waals surface area (Å²) in [7, 11) is -3.72. The van der Waals surface area contributed by atoms with Crippen molar-refractivity contribution >= 4 is 15.9 Å². The largest absolute Gasteiger partial charge is 0.356 e. The average molecular weight is 309 g/mol. The van der Waals surface area contributed by atoms with E-state index in [-0.39, 0.29) is 29.3 Å². The molecule has 7 heteroatoms. The van der Waals surface area contributed by atoms with E-state index in [4.69, 9.17) is 5.26 Å². The van der Waals surface area contributed by atoms with Gasteiger partial charge in [-0.25, -0.2) is 13.1 Å². The summed E-state index contributed by atoms with van der Waals surface area (Å²) in [4.78, 5) is 11.5. The predicted octanol–water partition coefficient (Wildman–Crippen LogP) is 1.06. The Kier molecular flexibility index (Phi) is 6.34. The Morgan fingerprint density at radius 1 is 1.33 bits per heavy atom. The fourth-order valence-corrected chi connectivity index (χ4v) is 2.99. The fraction of sp³-hybridized carbons (Fsp3) is 0.429. The van der Waals surface area contributed by atoms with Gasteiger partial charge in [-0.2, -0.15) is 5.26 Å². The number of nitrogens with one attached hydrogen (secondary N) is 2. The summed E-state index contributed by atoms with van der Waals surface area (Å²) >= 11 is 0. The normalized spacial score (nSPS) is 10.9. The summed E-state index contributed by atoms with van der Waals surface area (Å²) in [6.07, 6.45) is 0.911. The van der Waals surface area contributed by atoms with Gasteiger partial charge in [-0.3, -0.25) is 4.79 Å². The molecule has 1 aromatic rings. The van der Waals surface area contributed by atoms with Crippen molar-refractivity contribution in [2.45, 2.75) is 31.6 Å². The van der Waals surface area contributed by atoms with Crippen molar-refractivity contribution in [1.82, 2.24) is 10.0 Å². The van der Waals surface area contributed by atoms with E-state index in [0.29, 0.717) is 12.1 Å². The molecule has 0 aromatic heterocycles. The van der Waals surface area contributed by atoms with Gasteiger partial charge in [0.05, 0.1) is 16.5 Å². The molecule has 1 aromatic carbocycles. The van der Waals surface area contributed by atoms with E-state index in [9.17, 15) is 13.2 Å². The zero-order valence-corrected chi connectivity index (χ0v) is 13.0. The highest BCUT2D eigenvalue weighted by Crippen LogP contribution is 2.16. The number of sulfonamides is 1. The van der Waals surface area contributed by atoms with Crippen LogP contribution in [-0.4, -0.2) is 27.4 Å². The van der Waals surface area contributed by atoms with Crippen LogP contribution in [0.25, 0.3) is 0 Å². The molecule has 0 saturated carbocycles. The number of hydrogen-bond acceptors (Lipinski definition) is 4. The van der Waals surface area contributed by atoms with Crippen molar-refractivity contribution in [1.29, 1.82) is 5.26 Å². The highest BCUT2D eigenvalue weighted by Gasteiger charge is 2.17. The van der Waals surface area contributed by atoms with Gasteiger partial charge in [0.1, 0.15) is 0 Å². The lowest BCUT2D eigenvalue weighted by atomic mass is 10.2. The van der Waals surface area contributed by atoms with E-state index in [1.165, 1.54) is 6.07 Å². The van der Waals surface area contributed by atoms with Gasteiger partial charge in [0, 0.05) is 19.5 Å². The van der Waals surface area contributed by atoms with Crippen LogP contribution in [0.1, 0.15) is 30.9 Å². The smallest absolute Gasteiger partial charge is 0.240 e. The Labute approximate surface area is 125 Å². The fourth-order valence-electron chi connectivity index (χ4n) is 1.69. The topological polar surface area (TPSA) is 99.1 Å². The van der Waals surface area contributed by atoms with Gasteiger partial charge in [-0.15, -0.1) is 0 Å². The zero-order chi connectivity index (χ0) is 15.9. The van der Waals surface area contributed by atoms with Crippen LogP contribution in [0.3, 0.4) is 0 Å². The molecule has 1 amide bonds. The summed E-state index contributed by atoms with van der Waals surface area (Å²) in [5.74, 6) is -0.193. The number of hydrogen-bond donors (Lipinski definition) is 2. The monoisotopic (exact) mass is 309 g/mol. The maximum absolute atomic E-state index is 12.2. The molecule has 0 saturated heterocycles. The maximum Gasteiger partial charge on any atom is 0.240 e. The summed E-state index contributed by atoms with van der Waals surface area (Å²) in [6.45, 7) is 4.20. The summed E-state index contributed by atoms with van der Waals surface area (Å²) in [5, 5.41) is 11.5. The van der Waals surface area contributed by atoms with Crippen LogP contribution < -0.4 is 10.0 Å². The Hall–Kier alpha value is -1.91. The van der Waals surface area contributed by atoms with Crippen molar-refractivity contribution in [3.63, 3.8) is 0 Å². The first-order valence-corrected chi connectivity index (χ1v) is 8.16. The van der Waals surface area contributed by atoms with Gasteiger partial charge in [-0.1, -0.05) is 13.0 Å². The molecule has 0 radical (unpaired) electrons. The number of carbonyl (C=O) groups excluding carboxylic acids is 1. The SMILES string of the molecule is CCCNC(=O)CCNS(=O)(=O)c1cc(C#N)ccc1C. The number of amides is 1. The third-order valence-corrected chi connectivity index (χ3v) is 4.43. The average Bonchev–Trinajstić information content (AvgIpc) is 2.45. The molecule has 0 atom stereocenters. The second-order valence-corrected chi connectivity index (χ2v) is 6.33. The quantitative estimate of drug-likeness (QED) is 0.786. The Morgan fingerprint density at radius 3 is 2.67 bits per heavy atom. The molecule has 0 unspecified atom stereocenters. The molecular formula is C14H19N3O3S. The first-order valence-electron chi connectivity index (χ1n) is 6.68. The lowest BCUT2D eigenvalue weighted by Crippen LogP contribution is -2.31. The number of nitrogens with zero attached hydrogens (tertiary/aromatic N) is 1. The number of aryl methyl sites for hydroxylation is 1. The second kappa shape index (κ2) is 7.76. The van der Waals surface area contributed by atoms with E-state index in [1.54, 1.807) is 19.1 Å². The molecule has 6 nitrogen and oxygen atoms in total. The number of nitriles is 1. The van der Waals surface area contributed by atoms with Crippen LogP contribution in [0, 0.1) is 18.3 Å². The van der Waals surface area contributed by atoms with Crippen molar-refractivity contribution < 1.29 is 13.2 Å². The van der Waals surface area contributed by atoms with Crippen LogP contribution in [-0.2, 0) is 14.8 Å². The lowest BCUT2D eigenvalue weighted by Gasteiger charge is -2.09. The number of carbonyl (C=O) groups is 1. The predicted molar refractivity (Wildman–Crippen MR) is 79.0 cm³/mol. The Balaban J connectivity index is 2.70. The van der Waals surface area contributed by atoms with Crippen molar-refractivity contribution in [2.24, 2.45) is 0 Å². The third-order valence-electron chi connectivity index (χ3n) is 2.82. The van der Waals surface area contributed by atoms with Crippen LogP contribution in [0.5, 0.6) is 0 Å². The van der Waals surface area contributed by atoms with Crippen molar-refractivity contribution in [2.75, 3.05) is 13.1 Å². The molecule has 0 fully saturated rings. The summed E-state index contributed by atoms with van der Waals surface area (Å²) in [6, 6.07) is 6.38. The maximum atomic E-state index is 12.2. The summed E-state index contributed by atoms with van der Waals surface area (Å²) in [5.41, 5.74) is 0.832. The zero-order valence-electron chi connectivity index (χ0n) is 12.1. The van der Waals surface area contributed by atoms with E-state index in [0.717, 1.165) is 6.42 Å². The minimum atomic E-state index is -3.72. The first-order chi connectivity index (χ1) is 9.90. The van der Waals surface area contributed by atoms with E-state index >= 15 is 0 Å². The van der Waals surface area contributed by atoms with Gasteiger partial charge < -0.3 is 5.32 Å². The van der Waals surface area contributed by atoms with Gasteiger partial charge in [0.15, 0.2) is 0 Å². The highest BCUT2D eigenvalue weighted by molar-refractivity contribution is 7.89. The Bertz CT molecular complexity index is 648. The standard InChI is InChI=1S/C14H19N3O3S/c1-3-7-16-14(18)6-8-17-21(19,20)13-9-12(10-15)5-4-11(13)2/h4-5,9,17H,3,6-8H2,1-2H3,(H,16,18). The van der Waals surface area contributed by atoms with E-state index in [1.807, 2.05) is 13.0 Å². The van der Waals surface area contributed by atoms with E-state index < -0.39 is 10.0 Å². The third kappa shape index (κ3) is 5.17. The van der Waals surface area contributed by atoms with Crippen LogP contribution in [0.15, 0.2) is 23.1 Å². The molecule has 0 aliphatic rings. The van der Waals surface area contributed by atoms with Gasteiger partial charge in [-0.05, 0) is 31.0 Å². The second-order valence-electron chi connectivity index (χ2n) is 4.59. The molecule has 0 spiro atoms. The number of benzene rings is 1. The highest BCUT2D eigenvalue weighted by atomic mass is 32.2. The van der Waals surface area contributed by atoms with Crippen LogP contribution in [0.4, 0.5) is 0 Å². The summed E-state index contributed by atoms with van der Waals surface area (Å²) < 4.78 is 26.7. The Morgan fingerprint density at radius 2 is 2.05 bits per heavy atom. The minimum absolute atomic E-state index is 0.0219. The lowest BCUT2D eigenvalue weighted by molar-refractivity contribution is -0.120. The van der Waals surface area contributed by atoms with Gasteiger partial charge in [0.25, 0.3) is 0 Å². The molecule has 1 rings (SSSR count). The molecule has 0 aliphatic carbocycles. The molecule has 21 heavy (non-hydrogen) atoms. The first kappa shape index (κ1) is 17.1. The number of rotatable bonds is 7. The minimum Gasteiger partial charge on any atom is -0.356 e. The van der Waals surface area contributed by atoms with Crippen LogP contribution in [0.2, 0.25) is 0 Å². The molecule has 0 heterocycles. The molecule has 0 aliphatic heterocycles. The molecule has 0 bridgehead atoms. The van der Waals surface area contributed by atoms with Crippen molar-refractivity contribution in [3.8, 4) is 6.07 Å². The van der Waals surface area contributed by atoms with Gasteiger partial charge in [0.2, 0.25) is 15.9 Å².